The third-order valence-electron chi connectivity index (χ3n) is 2.18. The highest BCUT2D eigenvalue weighted by Gasteiger charge is 2.35. The van der Waals surface area contributed by atoms with E-state index < -0.39 is 41.8 Å². The molecule has 9 heteroatoms. The summed E-state index contributed by atoms with van der Waals surface area (Å²) >= 11 is 0. The van der Waals surface area contributed by atoms with Gasteiger partial charge in [0.05, 0.1) is 19.1 Å². The smallest absolute Gasteiger partial charge is 0.469 e. The molecule has 0 atom stereocenters. The van der Waals surface area contributed by atoms with Gasteiger partial charge in [-0.1, -0.05) is 0 Å². The van der Waals surface area contributed by atoms with Crippen molar-refractivity contribution in [2.24, 2.45) is 0 Å². The van der Waals surface area contributed by atoms with E-state index >= 15 is 0 Å². The standard InChI is InChI=1S/C11H8F6O3/c1-19-9(18)5-6-4-7(10(12,13)14)2-3-8(6)20-11(15,16)17/h2-4H,5H2,1H3. The van der Waals surface area contributed by atoms with Crippen LogP contribution in [0.1, 0.15) is 11.1 Å². The summed E-state index contributed by atoms with van der Waals surface area (Å²) in [4.78, 5) is 11.0. The van der Waals surface area contributed by atoms with E-state index in [4.69, 9.17) is 0 Å². The van der Waals surface area contributed by atoms with Crippen LogP contribution in [0.25, 0.3) is 0 Å². The van der Waals surface area contributed by atoms with Gasteiger partial charge in [-0.3, -0.25) is 4.79 Å². The maximum atomic E-state index is 12.5. The first-order valence-electron chi connectivity index (χ1n) is 5.05. The molecule has 1 rings (SSSR count). The topological polar surface area (TPSA) is 35.5 Å². The molecule has 0 radical (unpaired) electrons. The van der Waals surface area contributed by atoms with Crippen LogP contribution in [0.2, 0.25) is 0 Å². The highest BCUT2D eigenvalue weighted by atomic mass is 19.4. The van der Waals surface area contributed by atoms with Crippen molar-refractivity contribution in [2.75, 3.05) is 7.11 Å². The SMILES string of the molecule is COC(=O)Cc1cc(C(F)(F)F)ccc1OC(F)(F)F. The van der Waals surface area contributed by atoms with Crippen molar-refractivity contribution in [3.8, 4) is 5.75 Å². The first-order valence-corrected chi connectivity index (χ1v) is 5.05. The van der Waals surface area contributed by atoms with Gasteiger partial charge in [0.2, 0.25) is 0 Å². The predicted octanol–water partition coefficient (Wildman–Crippen LogP) is 3.32. The molecule has 112 valence electrons. The van der Waals surface area contributed by atoms with Crippen LogP contribution in [0.3, 0.4) is 0 Å². The van der Waals surface area contributed by atoms with Crippen molar-refractivity contribution in [3.63, 3.8) is 0 Å². The van der Waals surface area contributed by atoms with E-state index in [0.29, 0.717) is 18.2 Å². The Balaban J connectivity index is 3.19. The van der Waals surface area contributed by atoms with Crippen LogP contribution in [0.15, 0.2) is 18.2 Å². The molecule has 0 aliphatic carbocycles. The average Bonchev–Trinajstić information content (AvgIpc) is 2.28. The molecule has 0 amide bonds. The predicted molar refractivity (Wildman–Crippen MR) is 53.8 cm³/mol. The van der Waals surface area contributed by atoms with Crippen LogP contribution in [0.5, 0.6) is 5.75 Å². The summed E-state index contributed by atoms with van der Waals surface area (Å²) < 4.78 is 81.6. The van der Waals surface area contributed by atoms with E-state index in [9.17, 15) is 31.1 Å². The summed E-state index contributed by atoms with van der Waals surface area (Å²) in [5.41, 5.74) is -1.75. The molecule has 0 spiro atoms. The first kappa shape index (κ1) is 16.1. The molecule has 0 unspecified atom stereocenters. The van der Waals surface area contributed by atoms with Gasteiger partial charge in [-0.15, -0.1) is 13.2 Å². The summed E-state index contributed by atoms with van der Waals surface area (Å²) in [7, 11) is 0.959. The number of hydrogen-bond donors (Lipinski definition) is 0. The molecule has 0 N–H and O–H groups in total. The van der Waals surface area contributed by atoms with Gasteiger partial charge in [-0.25, -0.2) is 0 Å². The molecule has 0 aliphatic rings. The van der Waals surface area contributed by atoms with Gasteiger partial charge in [0.1, 0.15) is 5.75 Å². The van der Waals surface area contributed by atoms with Crippen molar-refractivity contribution in [3.05, 3.63) is 29.3 Å². The van der Waals surface area contributed by atoms with Crippen LogP contribution >= 0.6 is 0 Å². The van der Waals surface area contributed by atoms with Crippen LogP contribution in [0, 0.1) is 0 Å². The summed E-state index contributed by atoms with van der Waals surface area (Å²) in [5, 5.41) is 0. The summed E-state index contributed by atoms with van der Waals surface area (Å²) in [6.07, 6.45) is -10.6. The molecule has 1 aromatic rings. The Bertz CT molecular complexity index is 492. The highest BCUT2D eigenvalue weighted by molar-refractivity contribution is 5.73. The number of hydrogen-bond acceptors (Lipinski definition) is 3. The Morgan fingerprint density at radius 1 is 1.15 bits per heavy atom. The van der Waals surface area contributed by atoms with E-state index in [2.05, 4.69) is 9.47 Å². The molecule has 0 heterocycles. The lowest BCUT2D eigenvalue weighted by Crippen LogP contribution is -2.19. The molecule has 0 aliphatic heterocycles. The molecule has 0 aromatic heterocycles. The third kappa shape index (κ3) is 4.63. The van der Waals surface area contributed by atoms with E-state index in [1.54, 1.807) is 0 Å². The lowest BCUT2D eigenvalue weighted by atomic mass is 10.1. The number of ether oxygens (including phenoxy) is 2. The minimum atomic E-state index is -5.08. The fraction of sp³-hybridized carbons (Fsp3) is 0.364. The van der Waals surface area contributed by atoms with Gasteiger partial charge < -0.3 is 9.47 Å². The second kappa shape index (κ2) is 5.59. The van der Waals surface area contributed by atoms with Crippen LogP contribution in [0.4, 0.5) is 26.3 Å². The number of halogens is 6. The van der Waals surface area contributed by atoms with Gasteiger partial charge in [-0.05, 0) is 18.2 Å². The summed E-state index contributed by atoms with van der Waals surface area (Å²) in [5.74, 6) is -1.87. The zero-order chi connectivity index (χ0) is 15.6. The number of rotatable bonds is 3. The maximum absolute atomic E-state index is 12.5. The highest BCUT2D eigenvalue weighted by Crippen LogP contribution is 2.34. The van der Waals surface area contributed by atoms with Gasteiger partial charge in [0, 0.05) is 5.56 Å². The van der Waals surface area contributed by atoms with E-state index in [-0.39, 0.29) is 0 Å². The largest absolute Gasteiger partial charge is 0.573 e. The quantitative estimate of drug-likeness (QED) is 0.635. The van der Waals surface area contributed by atoms with Gasteiger partial charge in [0.25, 0.3) is 0 Å². The Labute approximate surface area is 109 Å². The number of methoxy groups -OCH3 is 1. The number of alkyl halides is 6. The molecular formula is C11H8F6O3. The lowest BCUT2D eigenvalue weighted by Gasteiger charge is -2.15. The fourth-order valence-electron chi connectivity index (χ4n) is 1.35. The zero-order valence-electron chi connectivity index (χ0n) is 9.93. The van der Waals surface area contributed by atoms with Crippen molar-refractivity contribution >= 4 is 5.97 Å². The summed E-state index contributed by atoms with van der Waals surface area (Å²) in [6.45, 7) is 0. The van der Waals surface area contributed by atoms with Gasteiger partial charge in [0.15, 0.2) is 0 Å². The van der Waals surface area contributed by atoms with Gasteiger partial charge in [-0.2, -0.15) is 13.2 Å². The van der Waals surface area contributed by atoms with Crippen molar-refractivity contribution < 1.29 is 40.6 Å². The monoisotopic (exact) mass is 302 g/mol. The zero-order valence-corrected chi connectivity index (χ0v) is 9.93. The second-order valence-corrected chi connectivity index (χ2v) is 3.62. The Morgan fingerprint density at radius 2 is 1.75 bits per heavy atom. The first-order chi connectivity index (χ1) is 9.03. The second-order valence-electron chi connectivity index (χ2n) is 3.62. The molecule has 0 saturated heterocycles. The fourth-order valence-corrected chi connectivity index (χ4v) is 1.35. The molecule has 20 heavy (non-hydrogen) atoms. The van der Waals surface area contributed by atoms with E-state index in [0.717, 1.165) is 7.11 Å². The molecule has 0 bridgehead atoms. The molecule has 0 fully saturated rings. The minimum Gasteiger partial charge on any atom is -0.469 e. The number of carbonyl (C=O) groups is 1. The van der Waals surface area contributed by atoms with Crippen molar-refractivity contribution in [1.82, 2.24) is 0 Å². The Morgan fingerprint density at radius 3 is 2.20 bits per heavy atom. The maximum Gasteiger partial charge on any atom is 0.573 e. The third-order valence-corrected chi connectivity index (χ3v) is 2.18. The minimum absolute atomic E-state index is 0.415. The molecule has 0 saturated carbocycles. The van der Waals surface area contributed by atoms with Crippen LogP contribution in [-0.2, 0) is 22.1 Å². The van der Waals surface area contributed by atoms with Crippen molar-refractivity contribution in [2.45, 2.75) is 19.0 Å². The van der Waals surface area contributed by atoms with Crippen LogP contribution in [-0.4, -0.2) is 19.4 Å². The number of esters is 1. The lowest BCUT2D eigenvalue weighted by molar-refractivity contribution is -0.274. The Hall–Kier alpha value is -1.93. The number of carbonyl (C=O) groups excluding carboxylic acids is 1. The Kier molecular flexibility index (Phi) is 4.51. The van der Waals surface area contributed by atoms with Crippen molar-refractivity contribution in [1.29, 1.82) is 0 Å². The summed E-state index contributed by atoms with van der Waals surface area (Å²) in [6, 6.07) is 1.36. The molecular weight excluding hydrogens is 294 g/mol. The van der Waals surface area contributed by atoms with E-state index in [1.807, 2.05) is 0 Å². The van der Waals surface area contributed by atoms with Gasteiger partial charge >= 0.3 is 18.5 Å². The number of benzene rings is 1. The molecule has 3 nitrogen and oxygen atoms in total. The van der Waals surface area contributed by atoms with Crippen LogP contribution < -0.4 is 4.74 Å². The normalized spacial score (nSPS) is 12.2. The van der Waals surface area contributed by atoms with E-state index in [1.165, 1.54) is 0 Å². The molecule has 1 aromatic carbocycles. The average molecular weight is 302 g/mol.